The number of nitrogens with zero attached hydrogens (tertiary/aromatic N) is 2. The van der Waals surface area contributed by atoms with Crippen molar-refractivity contribution in [1.29, 1.82) is 0 Å². The number of carbonyl (C=O) groups excluding carboxylic acids is 1. The van der Waals surface area contributed by atoms with Crippen LogP contribution in [0.15, 0.2) is 12.4 Å². The van der Waals surface area contributed by atoms with Crippen LogP contribution in [-0.4, -0.2) is 27.1 Å². The van der Waals surface area contributed by atoms with Gasteiger partial charge in [0.2, 0.25) is 5.28 Å². The van der Waals surface area contributed by atoms with Crippen molar-refractivity contribution in [1.82, 2.24) is 9.97 Å². The third kappa shape index (κ3) is 2.43. The standard InChI is InChI=1S/C9H9ClN2O3/c10-9-11-3-7(4-12-9)15-8(14)5-1-6(13)2-5/h3-6,13H,1-2H2. The first-order valence-corrected chi connectivity index (χ1v) is 4.90. The molecule has 1 aliphatic carbocycles. The van der Waals surface area contributed by atoms with Gasteiger partial charge in [0.05, 0.1) is 24.4 Å². The molecular formula is C9H9ClN2O3. The average molecular weight is 229 g/mol. The Morgan fingerprint density at radius 1 is 1.47 bits per heavy atom. The van der Waals surface area contributed by atoms with Crippen molar-refractivity contribution in [2.75, 3.05) is 0 Å². The quantitative estimate of drug-likeness (QED) is 0.599. The van der Waals surface area contributed by atoms with Crippen LogP contribution in [0.2, 0.25) is 5.28 Å². The largest absolute Gasteiger partial charge is 0.423 e. The molecule has 1 aliphatic rings. The van der Waals surface area contributed by atoms with Gasteiger partial charge in [0.15, 0.2) is 5.75 Å². The molecule has 15 heavy (non-hydrogen) atoms. The first-order valence-electron chi connectivity index (χ1n) is 4.52. The fraction of sp³-hybridized carbons (Fsp3) is 0.444. The van der Waals surface area contributed by atoms with Gasteiger partial charge in [-0.3, -0.25) is 4.79 Å². The van der Waals surface area contributed by atoms with Crippen LogP contribution in [0.5, 0.6) is 5.75 Å². The highest BCUT2D eigenvalue weighted by atomic mass is 35.5. The molecule has 1 fully saturated rings. The van der Waals surface area contributed by atoms with Crippen molar-refractivity contribution in [2.45, 2.75) is 18.9 Å². The number of ether oxygens (including phenoxy) is 1. The maximum absolute atomic E-state index is 11.4. The summed E-state index contributed by atoms with van der Waals surface area (Å²) < 4.78 is 4.99. The highest BCUT2D eigenvalue weighted by molar-refractivity contribution is 6.28. The van der Waals surface area contributed by atoms with Gasteiger partial charge in [-0.25, -0.2) is 9.97 Å². The summed E-state index contributed by atoms with van der Waals surface area (Å²) in [5, 5.41) is 9.13. The molecule has 2 rings (SSSR count). The van der Waals surface area contributed by atoms with Gasteiger partial charge in [0.1, 0.15) is 0 Å². The first-order chi connectivity index (χ1) is 7.15. The van der Waals surface area contributed by atoms with Crippen molar-refractivity contribution in [2.24, 2.45) is 5.92 Å². The Kier molecular flexibility index (Phi) is 2.83. The number of hydrogen-bond acceptors (Lipinski definition) is 5. The summed E-state index contributed by atoms with van der Waals surface area (Å²) in [6.45, 7) is 0. The summed E-state index contributed by atoms with van der Waals surface area (Å²) in [5.74, 6) is -0.298. The zero-order valence-corrected chi connectivity index (χ0v) is 8.52. The number of carbonyl (C=O) groups is 1. The Morgan fingerprint density at radius 3 is 2.60 bits per heavy atom. The summed E-state index contributed by atoms with van der Waals surface area (Å²) >= 11 is 5.47. The third-order valence-electron chi connectivity index (χ3n) is 2.26. The molecule has 5 nitrogen and oxygen atoms in total. The molecular weight excluding hydrogens is 220 g/mol. The van der Waals surface area contributed by atoms with Gasteiger partial charge >= 0.3 is 5.97 Å². The van der Waals surface area contributed by atoms with Gasteiger partial charge in [-0.1, -0.05) is 0 Å². The normalized spacial score (nSPS) is 24.4. The van der Waals surface area contributed by atoms with Gasteiger partial charge in [-0.2, -0.15) is 0 Å². The molecule has 0 amide bonds. The molecule has 0 aromatic carbocycles. The molecule has 0 saturated heterocycles. The van der Waals surface area contributed by atoms with E-state index in [1.54, 1.807) is 0 Å². The molecule has 0 bridgehead atoms. The van der Waals surface area contributed by atoms with Crippen LogP contribution in [0.4, 0.5) is 0 Å². The highest BCUT2D eigenvalue weighted by Gasteiger charge is 2.34. The molecule has 1 heterocycles. The van der Waals surface area contributed by atoms with E-state index in [1.165, 1.54) is 12.4 Å². The Hall–Kier alpha value is -1.20. The second-order valence-electron chi connectivity index (χ2n) is 3.43. The molecule has 1 aromatic heterocycles. The Bertz CT molecular complexity index is 362. The lowest BCUT2D eigenvalue weighted by atomic mass is 9.83. The monoisotopic (exact) mass is 228 g/mol. The summed E-state index contributed by atoms with van der Waals surface area (Å²) in [5.41, 5.74) is 0. The van der Waals surface area contributed by atoms with Gasteiger partial charge in [-0.05, 0) is 24.4 Å². The van der Waals surface area contributed by atoms with Crippen LogP contribution in [0.25, 0.3) is 0 Å². The van der Waals surface area contributed by atoms with Crippen LogP contribution < -0.4 is 4.74 Å². The fourth-order valence-corrected chi connectivity index (χ4v) is 1.43. The molecule has 80 valence electrons. The summed E-state index contributed by atoms with van der Waals surface area (Å²) in [7, 11) is 0. The topological polar surface area (TPSA) is 72.3 Å². The van der Waals surface area contributed by atoms with E-state index in [2.05, 4.69) is 9.97 Å². The van der Waals surface area contributed by atoms with Crippen molar-refractivity contribution < 1.29 is 14.6 Å². The predicted octanol–water partition coefficient (Wildman–Crippen LogP) is 0.806. The van der Waals surface area contributed by atoms with E-state index in [9.17, 15) is 4.79 Å². The highest BCUT2D eigenvalue weighted by Crippen LogP contribution is 2.28. The number of aliphatic hydroxyl groups excluding tert-OH is 1. The zero-order chi connectivity index (χ0) is 10.8. The molecule has 1 saturated carbocycles. The molecule has 1 N–H and O–H groups in total. The lowest BCUT2D eigenvalue weighted by molar-refractivity contribution is -0.145. The van der Waals surface area contributed by atoms with Crippen molar-refractivity contribution in [3.8, 4) is 5.75 Å². The molecule has 0 radical (unpaired) electrons. The minimum atomic E-state index is -0.371. The Labute approximate surface area is 91.1 Å². The van der Waals surface area contributed by atoms with Crippen LogP contribution in [0.3, 0.4) is 0 Å². The minimum absolute atomic E-state index is 0.105. The number of hydrogen-bond donors (Lipinski definition) is 1. The van der Waals surface area contributed by atoms with Crippen LogP contribution in [0, 0.1) is 5.92 Å². The molecule has 0 aliphatic heterocycles. The maximum Gasteiger partial charge on any atom is 0.314 e. The van der Waals surface area contributed by atoms with Crippen molar-refractivity contribution in [3.05, 3.63) is 17.7 Å². The summed E-state index contributed by atoms with van der Waals surface area (Å²) in [6.07, 6.45) is 3.23. The van der Waals surface area contributed by atoms with E-state index in [1.807, 2.05) is 0 Å². The third-order valence-corrected chi connectivity index (χ3v) is 2.46. The molecule has 1 aromatic rings. The Morgan fingerprint density at radius 2 is 2.07 bits per heavy atom. The van der Waals surface area contributed by atoms with E-state index < -0.39 is 0 Å². The zero-order valence-electron chi connectivity index (χ0n) is 7.76. The van der Waals surface area contributed by atoms with E-state index in [4.69, 9.17) is 21.4 Å². The first kappa shape index (κ1) is 10.3. The van der Waals surface area contributed by atoms with Gasteiger partial charge in [0.25, 0.3) is 0 Å². The molecule has 0 spiro atoms. The van der Waals surface area contributed by atoms with E-state index in [-0.39, 0.29) is 29.0 Å². The van der Waals surface area contributed by atoms with E-state index in [0.29, 0.717) is 12.8 Å². The summed E-state index contributed by atoms with van der Waals surface area (Å²) in [6, 6.07) is 0. The number of rotatable bonds is 2. The number of aromatic nitrogens is 2. The minimum Gasteiger partial charge on any atom is -0.423 e. The molecule has 6 heteroatoms. The second-order valence-corrected chi connectivity index (χ2v) is 3.77. The Balaban J connectivity index is 1.91. The number of aliphatic hydroxyl groups is 1. The average Bonchev–Trinajstić information content (AvgIpc) is 2.17. The maximum atomic E-state index is 11.4. The smallest absolute Gasteiger partial charge is 0.314 e. The fourth-order valence-electron chi connectivity index (χ4n) is 1.33. The number of esters is 1. The molecule has 0 unspecified atom stereocenters. The van der Waals surface area contributed by atoms with Gasteiger partial charge in [-0.15, -0.1) is 0 Å². The van der Waals surface area contributed by atoms with Crippen LogP contribution in [-0.2, 0) is 4.79 Å². The second kappa shape index (κ2) is 4.12. The SMILES string of the molecule is O=C(Oc1cnc(Cl)nc1)C1CC(O)C1. The van der Waals surface area contributed by atoms with Gasteiger partial charge < -0.3 is 9.84 Å². The predicted molar refractivity (Wildman–Crippen MR) is 51.4 cm³/mol. The van der Waals surface area contributed by atoms with Gasteiger partial charge in [0, 0.05) is 0 Å². The van der Waals surface area contributed by atoms with E-state index in [0.717, 1.165) is 0 Å². The van der Waals surface area contributed by atoms with Crippen molar-refractivity contribution >= 4 is 17.6 Å². The lowest BCUT2D eigenvalue weighted by Crippen LogP contribution is -2.36. The summed E-state index contributed by atoms with van der Waals surface area (Å²) in [4.78, 5) is 18.8. The van der Waals surface area contributed by atoms with E-state index >= 15 is 0 Å². The lowest BCUT2D eigenvalue weighted by Gasteiger charge is -2.28. The van der Waals surface area contributed by atoms with Crippen molar-refractivity contribution in [3.63, 3.8) is 0 Å². The van der Waals surface area contributed by atoms with Crippen LogP contribution >= 0.6 is 11.6 Å². The van der Waals surface area contributed by atoms with Crippen LogP contribution in [0.1, 0.15) is 12.8 Å². The molecule has 0 atom stereocenters. The number of halogens is 1.